The first-order valence-corrected chi connectivity index (χ1v) is 5.74. The van der Waals surface area contributed by atoms with Crippen molar-refractivity contribution in [2.45, 2.75) is 32.2 Å². The van der Waals surface area contributed by atoms with Gasteiger partial charge < -0.3 is 10.1 Å². The molecule has 4 heteroatoms. The molecule has 0 bridgehead atoms. The van der Waals surface area contributed by atoms with Crippen molar-refractivity contribution in [3.05, 3.63) is 0 Å². The Labute approximate surface area is 92.0 Å². The van der Waals surface area contributed by atoms with Crippen molar-refractivity contribution in [3.63, 3.8) is 0 Å². The molecule has 1 aliphatic carbocycles. The summed E-state index contributed by atoms with van der Waals surface area (Å²) in [5.74, 6) is 0. The fraction of sp³-hybridized carbons (Fsp3) is 0.909. The molecule has 0 radical (unpaired) electrons. The summed E-state index contributed by atoms with van der Waals surface area (Å²) in [4.78, 5) is 11.8. The molecule has 15 heavy (non-hydrogen) atoms. The van der Waals surface area contributed by atoms with Gasteiger partial charge in [-0.15, -0.1) is 0 Å². The maximum absolute atomic E-state index is 9.18. The van der Waals surface area contributed by atoms with Crippen LogP contribution in [0.3, 0.4) is 0 Å². The van der Waals surface area contributed by atoms with Crippen molar-refractivity contribution in [2.75, 3.05) is 32.8 Å². The maximum Gasteiger partial charge on any atom is 0.293 e. The molecule has 0 spiro atoms. The van der Waals surface area contributed by atoms with E-state index in [1.54, 1.807) is 6.92 Å². The number of hydrogen-bond acceptors (Lipinski definition) is 4. The van der Waals surface area contributed by atoms with Crippen LogP contribution in [0, 0.1) is 0 Å². The van der Waals surface area contributed by atoms with Crippen LogP contribution >= 0.6 is 0 Å². The van der Waals surface area contributed by atoms with Gasteiger partial charge in [0.25, 0.3) is 6.47 Å². The maximum atomic E-state index is 9.18. The summed E-state index contributed by atoms with van der Waals surface area (Å²) >= 11 is 0. The third-order valence-electron chi connectivity index (χ3n) is 3.09. The van der Waals surface area contributed by atoms with Gasteiger partial charge in [-0.25, -0.2) is 0 Å². The monoisotopic (exact) mass is 214 g/mol. The molecule has 0 aromatic rings. The van der Waals surface area contributed by atoms with Crippen LogP contribution in [0.1, 0.15) is 26.7 Å². The van der Waals surface area contributed by atoms with Crippen LogP contribution in [0.15, 0.2) is 0 Å². The van der Waals surface area contributed by atoms with Crippen molar-refractivity contribution < 1.29 is 9.53 Å². The lowest BCUT2D eigenvalue weighted by atomic mass is 10.2. The zero-order valence-corrected chi connectivity index (χ0v) is 9.79. The van der Waals surface area contributed by atoms with Crippen molar-refractivity contribution in [2.24, 2.45) is 0 Å². The standard InChI is InChI=1S/C8H16N2.C3H6O2/c1-8(2-3-8)10-6-4-9-5-7-10;1-2-5-3-4/h9H,2-7H2,1H3;3H,2H2,1H3. The SMILES string of the molecule is CC1(N2CCNCC2)CC1.CCOC=O. The molecule has 1 saturated heterocycles. The summed E-state index contributed by atoms with van der Waals surface area (Å²) in [5, 5.41) is 3.37. The first-order chi connectivity index (χ1) is 7.23. The summed E-state index contributed by atoms with van der Waals surface area (Å²) in [6, 6.07) is 0. The van der Waals surface area contributed by atoms with Crippen molar-refractivity contribution in [1.82, 2.24) is 10.2 Å². The van der Waals surface area contributed by atoms with Crippen LogP contribution in [0.5, 0.6) is 0 Å². The Kier molecular flexibility index (Phi) is 5.05. The summed E-state index contributed by atoms with van der Waals surface area (Å²) in [6.07, 6.45) is 2.85. The topological polar surface area (TPSA) is 41.6 Å². The van der Waals surface area contributed by atoms with Gasteiger partial charge in [0.1, 0.15) is 0 Å². The normalized spacial score (nSPS) is 23.6. The fourth-order valence-corrected chi connectivity index (χ4v) is 1.77. The minimum absolute atomic E-state index is 0.431. The summed E-state index contributed by atoms with van der Waals surface area (Å²) in [5.41, 5.74) is 0.613. The van der Waals surface area contributed by atoms with E-state index in [2.05, 4.69) is 21.9 Å². The van der Waals surface area contributed by atoms with E-state index in [4.69, 9.17) is 0 Å². The number of carbonyl (C=O) groups excluding carboxylic acids is 1. The van der Waals surface area contributed by atoms with Crippen LogP contribution in [0.2, 0.25) is 0 Å². The highest BCUT2D eigenvalue weighted by Gasteiger charge is 2.42. The van der Waals surface area contributed by atoms with Gasteiger partial charge in [0.15, 0.2) is 0 Å². The second kappa shape index (κ2) is 6.08. The molecule has 1 saturated carbocycles. The molecule has 2 fully saturated rings. The molecule has 0 aromatic heterocycles. The van der Waals surface area contributed by atoms with E-state index >= 15 is 0 Å². The van der Waals surface area contributed by atoms with E-state index in [1.165, 1.54) is 39.0 Å². The second-order valence-corrected chi connectivity index (χ2v) is 4.29. The first kappa shape index (κ1) is 12.5. The Morgan fingerprint density at radius 1 is 1.40 bits per heavy atom. The molecule has 0 aromatic carbocycles. The van der Waals surface area contributed by atoms with Crippen LogP contribution in [0.25, 0.3) is 0 Å². The molecule has 1 heterocycles. The molecule has 0 amide bonds. The summed E-state index contributed by atoms with van der Waals surface area (Å²) < 4.78 is 4.15. The van der Waals surface area contributed by atoms with Crippen molar-refractivity contribution in [3.8, 4) is 0 Å². The number of nitrogens with zero attached hydrogens (tertiary/aromatic N) is 1. The van der Waals surface area contributed by atoms with Gasteiger partial charge in [0, 0.05) is 31.7 Å². The van der Waals surface area contributed by atoms with E-state index in [1.807, 2.05) is 0 Å². The lowest BCUT2D eigenvalue weighted by Gasteiger charge is -2.32. The van der Waals surface area contributed by atoms with E-state index in [0.29, 0.717) is 18.6 Å². The molecule has 2 rings (SSSR count). The van der Waals surface area contributed by atoms with E-state index in [9.17, 15) is 4.79 Å². The minimum atomic E-state index is 0.431. The molecular weight excluding hydrogens is 192 g/mol. The van der Waals surface area contributed by atoms with Gasteiger partial charge in [-0.3, -0.25) is 9.69 Å². The van der Waals surface area contributed by atoms with Gasteiger partial charge >= 0.3 is 0 Å². The number of rotatable bonds is 3. The lowest BCUT2D eigenvalue weighted by molar-refractivity contribution is -0.128. The molecule has 1 aliphatic heterocycles. The van der Waals surface area contributed by atoms with E-state index < -0.39 is 0 Å². The molecule has 1 N–H and O–H groups in total. The van der Waals surface area contributed by atoms with Gasteiger partial charge in [0.05, 0.1) is 6.61 Å². The van der Waals surface area contributed by atoms with Crippen LogP contribution in [0.4, 0.5) is 0 Å². The highest BCUT2D eigenvalue weighted by atomic mass is 16.5. The van der Waals surface area contributed by atoms with Gasteiger partial charge in [-0.2, -0.15) is 0 Å². The molecule has 88 valence electrons. The smallest absolute Gasteiger partial charge is 0.293 e. The van der Waals surface area contributed by atoms with Gasteiger partial charge in [0.2, 0.25) is 0 Å². The third-order valence-corrected chi connectivity index (χ3v) is 3.09. The Balaban J connectivity index is 0.000000195. The molecule has 0 unspecified atom stereocenters. The Morgan fingerprint density at radius 3 is 2.33 bits per heavy atom. The van der Waals surface area contributed by atoms with Crippen molar-refractivity contribution >= 4 is 6.47 Å². The average Bonchev–Trinajstić information content (AvgIpc) is 3.02. The molecule has 2 aliphatic rings. The summed E-state index contributed by atoms with van der Waals surface area (Å²) in [7, 11) is 0. The van der Waals surface area contributed by atoms with Crippen LogP contribution in [-0.4, -0.2) is 49.7 Å². The first-order valence-electron chi connectivity index (χ1n) is 5.74. The number of nitrogens with one attached hydrogen (secondary N) is 1. The highest BCUT2D eigenvalue weighted by molar-refractivity contribution is 5.36. The van der Waals surface area contributed by atoms with Gasteiger partial charge in [-0.05, 0) is 26.7 Å². The molecule has 4 nitrogen and oxygen atoms in total. The number of hydrogen-bond donors (Lipinski definition) is 1. The average molecular weight is 214 g/mol. The van der Waals surface area contributed by atoms with Crippen molar-refractivity contribution in [1.29, 1.82) is 0 Å². The Bertz CT molecular complexity index is 187. The quantitative estimate of drug-likeness (QED) is 0.699. The predicted octanol–water partition coefficient (Wildman–Crippen LogP) is 0.623. The van der Waals surface area contributed by atoms with E-state index in [-0.39, 0.29) is 0 Å². The number of piperazine rings is 1. The van der Waals surface area contributed by atoms with Crippen LogP contribution < -0.4 is 5.32 Å². The fourth-order valence-electron chi connectivity index (χ4n) is 1.77. The zero-order chi connectivity index (χ0) is 11.1. The summed E-state index contributed by atoms with van der Waals surface area (Å²) in [6.45, 7) is 9.95. The number of carbonyl (C=O) groups is 1. The lowest BCUT2D eigenvalue weighted by Crippen LogP contribution is -2.48. The Morgan fingerprint density at radius 2 is 2.00 bits per heavy atom. The zero-order valence-electron chi connectivity index (χ0n) is 9.79. The molecular formula is C11H22N2O2. The van der Waals surface area contributed by atoms with Gasteiger partial charge in [-0.1, -0.05) is 0 Å². The van der Waals surface area contributed by atoms with E-state index in [0.717, 1.165) is 0 Å². The number of ether oxygens (including phenoxy) is 1. The predicted molar refractivity (Wildman–Crippen MR) is 59.8 cm³/mol. The Hall–Kier alpha value is -0.610. The third kappa shape index (κ3) is 4.18. The highest BCUT2D eigenvalue weighted by Crippen LogP contribution is 2.40. The second-order valence-electron chi connectivity index (χ2n) is 4.29. The minimum Gasteiger partial charge on any atom is -0.468 e. The van der Waals surface area contributed by atoms with Crippen LogP contribution in [-0.2, 0) is 9.53 Å². The molecule has 0 atom stereocenters. The largest absolute Gasteiger partial charge is 0.468 e.